The van der Waals surface area contributed by atoms with Crippen molar-refractivity contribution in [2.45, 2.75) is 77.6 Å². The van der Waals surface area contributed by atoms with Gasteiger partial charge in [0, 0.05) is 12.8 Å². The van der Waals surface area contributed by atoms with E-state index in [2.05, 4.69) is 6.92 Å². The Kier molecular flexibility index (Phi) is 16.6. The second-order valence-corrected chi connectivity index (χ2v) is 6.73. The van der Waals surface area contributed by atoms with Crippen LogP contribution in [0.15, 0.2) is 0 Å². The van der Waals surface area contributed by atoms with Crippen LogP contribution in [-0.4, -0.2) is 24.5 Å². The van der Waals surface area contributed by atoms with Crippen LogP contribution in [-0.2, 0) is 14.9 Å². The summed E-state index contributed by atoms with van der Waals surface area (Å²) >= 11 is 0. The number of hydrogen-bond donors (Lipinski definition) is 1. The van der Waals surface area contributed by atoms with E-state index < -0.39 is 15.9 Å². The standard InChI is InChI=1S/C14H28O4S.Na.H/c1-2-3-4-5-6-7-8-9-10-11-14(15)12-13-19(16,17)18;;/h2-13H2,1H3,(H,16,17,18);;/q;+1;-1. The zero-order valence-electron chi connectivity index (χ0n) is 14.1. The van der Waals surface area contributed by atoms with E-state index in [-0.39, 0.29) is 43.2 Å². The van der Waals surface area contributed by atoms with Gasteiger partial charge in [0.05, 0.1) is 5.75 Å². The summed E-state index contributed by atoms with van der Waals surface area (Å²) in [5.41, 5.74) is 0. The number of carbonyl (C=O) groups excluding carboxylic acids is 1. The Hall–Kier alpha value is 0.580. The van der Waals surface area contributed by atoms with Gasteiger partial charge in [-0.3, -0.25) is 9.35 Å². The van der Waals surface area contributed by atoms with Crippen molar-refractivity contribution in [3.63, 3.8) is 0 Å². The van der Waals surface area contributed by atoms with Crippen LogP contribution in [0.5, 0.6) is 0 Å². The number of carbonyl (C=O) groups is 1. The molecule has 0 aliphatic rings. The molecule has 0 aromatic heterocycles. The molecular weight excluding hydrogens is 287 g/mol. The quantitative estimate of drug-likeness (QED) is 0.311. The molecular formula is C14H29NaO4S. The molecule has 20 heavy (non-hydrogen) atoms. The third-order valence-electron chi connectivity index (χ3n) is 3.20. The van der Waals surface area contributed by atoms with E-state index in [1.165, 1.54) is 38.5 Å². The summed E-state index contributed by atoms with van der Waals surface area (Å²) in [6.07, 6.45) is 11.1. The Morgan fingerprint density at radius 3 is 1.80 bits per heavy atom. The first kappa shape index (κ1) is 22.9. The van der Waals surface area contributed by atoms with E-state index in [4.69, 9.17) is 4.55 Å². The van der Waals surface area contributed by atoms with Crippen LogP contribution in [0.2, 0.25) is 0 Å². The zero-order valence-corrected chi connectivity index (χ0v) is 15.9. The molecule has 0 fully saturated rings. The van der Waals surface area contributed by atoms with Gasteiger partial charge in [-0.05, 0) is 6.42 Å². The maximum absolute atomic E-state index is 11.3. The maximum atomic E-state index is 11.3. The van der Waals surface area contributed by atoms with Gasteiger partial charge in [-0.1, -0.05) is 58.3 Å². The van der Waals surface area contributed by atoms with Gasteiger partial charge >= 0.3 is 29.6 Å². The van der Waals surface area contributed by atoms with E-state index in [1.54, 1.807) is 0 Å². The smallest absolute Gasteiger partial charge is 1.00 e. The summed E-state index contributed by atoms with van der Waals surface area (Å²) in [6, 6.07) is 0. The van der Waals surface area contributed by atoms with Crippen LogP contribution in [0.1, 0.15) is 79.0 Å². The van der Waals surface area contributed by atoms with Crippen molar-refractivity contribution in [2.24, 2.45) is 0 Å². The number of unbranched alkanes of at least 4 members (excludes halogenated alkanes) is 8. The second kappa shape index (κ2) is 14.5. The van der Waals surface area contributed by atoms with Crippen LogP contribution < -0.4 is 29.6 Å². The molecule has 0 aliphatic carbocycles. The predicted octanol–water partition coefficient (Wildman–Crippen LogP) is 0.871. The third-order valence-corrected chi connectivity index (χ3v) is 3.92. The number of hydrogen-bond acceptors (Lipinski definition) is 3. The SMILES string of the molecule is CCCCCCCCCCCC(=O)CCS(=O)(=O)O.[H-].[Na+]. The van der Waals surface area contributed by atoms with Crippen LogP contribution >= 0.6 is 0 Å². The molecule has 0 atom stereocenters. The van der Waals surface area contributed by atoms with E-state index in [9.17, 15) is 13.2 Å². The third kappa shape index (κ3) is 18.6. The van der Waals surface area contributed by atoms with Gasteiger partial charge in [0.1, 0.15) is 5.78 Å². The van der Waals surface area contributed by atoms with E-state index >= 15 is 0 Å². The topological polar surface area (TPSA) is 71.4 Å². The molecule has 0 saturated heterocycles. The van der Waals surface area contributed by atoms with Gasteiger partial charge in [-0.25, -0.2) is 0 Å². The summed E-state index contributed by atoms with van der Waals surface area (Å²) < 4.78 is 29.4. The summed E-state index contributed by atoms with van der Waals surface area (Å²) in [7, 11) is -3.99. The fourth-order valence-electron chi connectivity index (χ4n) is 2.00. The fourth-order valence-corrected chi connectivity index (χ4v) is 2.49. The molecule has 0 aromatic carbocycles. The van der Waals surface area contributed by atoms with Crippen molar-refractivity contribution in [3.8, 4) is 0 Å². The summed E-state index contributed by atoms with van der Waals surface area (Å²) in [5.74, 6) is -0.510. The Bertz CT molecular complexity index is 334. The van der Waals surface area contributed by atoms with Crippen molar-refractivity contribution in [3.05, 3.63) is 0 Å². The molecule has 0 bridgehead atoms. The normalized spacial score (nSPS) is 11.1. The number of ketones is 1. The van der Waals surface area contributed by atoms with Gasteiger partial charge < -0.3 is 1.43 Å². The van der Waals surface area contributed by atoms with Crippen molar-refractivity contribution in [1.82, 2.24) is 0 Å². The molecule has 0 rings (SSSR count). The Labute approximate surface area is 147 Å². The van der Waals surface area contributed by atoms with Gasteiger partial charge in [-0.2, -0.15) is 8.42 Å². The van der Waals surface area contributed by atoms with Crippen molar-refractivity contribution in [1.29, 1.82) is 0 Å². The van der Waals surface area contributed by atoms with Gasteiger partial charge in [-0.15, -0.1) is 0 Å². The molecule has 0 radical (unpaired) electrons. The number of Topliss-reactive ketones (excluding diaryl/α,β-unsaturated/α-hetero) is 1. The molecule has 0 amide bonds. The van der Waals surface area contributed by atoms with Gasteiger partial charge in [0.2, 0.25) is 0 Å². The average Bonchev–Trinajstić information content (AvgIpc) is 2.33. The molecule has 6 heteroatoms. The first-order valence-corrected chi connectivity index (χ1v) is 9.03. The largest absolute Gasteiger partial charge is 1.00 e. The molecule has 0 aromatic rings. The second-order valence-electron chi connectivity index (χ2n) is 5.15. The Morgan fingerprint density at radius 1 is 0.900 bits per heavy atom. The molecule has 0 heterocycles. The maximum Gasteiger partial charge on any atom is 1.00 e. The van der Waals surface area contributed by atoms with Gasteiger partial charge in [0.25, 0.3) is 10.1 Å². The van der Waals surface area contributed by atoms with Gasteiger partial charge in [0.15, 0.2) is 0 Å². The monoisotopic (exact) mass is 316 g/mol. The molecule has 4 nitrogen and oxygen atoms in total. The molecule has 0 unspecified atom stereocenters. The van der Waals surface area contributed by atoms with E-state index in [0.717, 1.165) is 19.3 Å². The van der Waals surface area contributed by atoms with Crippen molar-refractivity contribution in [2.75, 3.05) is 5.75 Å². The average molecular weight is 316 g/mol. The number of rotatable bonds is 13. The molecule has 116 valence electrons. The first-order chi connectivity index (χ1) is 8.95. The first-order valence-electron chi connectivity index (χ1n) is 7.42. The minimum Gasteiger partial charge on any atom is -1.00 e. The van der Waals surface area contributed by atoms with E-state index in [0.29, 0.717) is 6.42 Å². The Balaban J connectivity index is -0.00000162. The Morgan fingerprint density at radius 2 is 1.35 bits per heavy atom. The molecule has 0 spiro atoms. The fraction of sp³-hybridized carbons (Fsp3) is 0.929. The summed E-state index contributed by atoms with van der Waals surface area (Å²) in [5, 5.41) is 0. The van der Waals surface area contributed by atoms with Crippen LogP contribution in [0, 0.1) is 0 Å². The molecule has 0 aliphatic heterocycles. The molecule has 1 N–H and O–H groups in total. The zero-order chi connectivity index (χ0) is 14.6. The van der Waals surface area contributed by atoms with Crippen LogP contribution in [0.25, 0.3) is 0 Å². The predicted molar refractivity (Wildman–Crippen MR) is 79.0 cm³/mol. The van der Waals surface area contributed by atoms with Crippen LogP contribution in [0.3, 0.4) is 0 Å². The van der Waals surface area contributed by atoms with Crippen LogP contribution in [0.4, 0.5) is 0 Å². The summed E-state index contributed by atoms with van der Waals surface area (Å²) in [6.45, 7) is 2.21. The molecule has 0 saturated carbocycles. The van der Waals surface area contributed by atoms with Crippen molar-refractivity contribution < 1.29 is 48.7 Å². The summed E-state index contributed by atoms with van der Waals surface area (Å²) in [4.78, 5) is 11.3. The van der Waals surface area contributed by atoms with Crippen molar-refractivity contribution >= 4 is 15.9 Å². The van der Waals surface area contributed by atoms with E-state index in [1.807, 2.05) is 0 Å². The minimum atomic E-state index is -3.99. The minimum absolute atomic E-state index is 0.